The number of rotatable bonds is 2. The Morgan fingerprint density at radius 3 is 2.30 bits per heavy atom. The molecule has 158 valence electrons. The molecule has 0 saturated carbocycles. The van der Waals surface area contributed by atoms with Crippen molar-refractivity contribution in [1.29, 1.82) is 0 Å². The van der Waals surface area contributed by atoms with E-state index in [0.29, 0.717) is 18.5 Å². The molecule has 0 amide bonds. The SMILES string of the molecule is O=C1CCC(=O)OCC2(CCCO1)CN(S(=O)(=O)c1ccccc1)c1ccccc12. The zero-order valence-corrected chi connectivity index (χ0v) is 17.3. The molecule has 2 aliphatic rings. The summed E-state index contributed by atoms with van der Waals surface area (Å²) in [4.78, 5) is 24.0. The van der Waals surface area contributed by atoms with Crippen LogP contribution in [0.4, 0.5) is 5.69 Å². The summed E-state index contributed by atoms with van der Waals surface area (Å²) in [5, 5.41) is 0. The van der Waals surface area contributed by atoms with Crippen LogP contribution in [0.25, 0.3) is 0 Å². The number of fused-ring (bicyclic) bond motifs is 2. The van der Waals surface area contributed by atoms with Crippen LogP contribution in [0.5, 0.6) is 0 Å². The van der Waals surface area contributed by atoms with Crippen molar-refractivity contribution in [1.82, 2.24) is 0 Å². The second-order valence-corrected chi connectivity index (χ2v) is 9.47. The van der Waals surface area contributed by atoms with E-state index in [-0.39, 0.29) is 37.5 Å². The largest absolute Gasteiger partial charge is 0.466 e. The van der Waals surface area contributed by atoms with Gasteiger partial charge in [-0.15, -0.1) is 0 Å². The van der Waals surface area contributed by atoms with Crippen LogP contribution in [0.3, 0.4) is 0 Å². The Labute approximate surface area is 175 Å². The maximum Gasteiger partial charge on any atom is 0.306 e. The second kappa shape index (κ2) is 8.10. The van der Waals surface area contributed by atoms with Gasteiger partial charge >= 0.3 is 11.9 Å². The lowest BCUT2D eigenvalue weighted by Crippen LogP contribution is -2.40. The Kier molecular flexibility index (Phi) is 5.51. The molecule has 4 rings (SSSR count). The Morgan fingerprint density at radius 2 is 1.53 bits per heavy atom. The maximum atomic E-state index is 13.4. The van der Waals surface area contributed by atoms with Crippen molar-refractivity contribution >= 4 is 27.6 Å². The van der Waals surface area contributed by atoms with Crippen LogP contribution < -0.4 is 4.31 Å². The van der Waals surface area contributed by atoms with Gasteiger partial charge in [-0.2, -0.15) is 0 Å². The number of benzene rings is 2. The second-order valence-electron chi connectivity index (χ2n) is 7.61. The molecule has 2 aromatic rings. The van der Waals surface area contributed by atoms with Crippen molar-refractivity contribution in [2.45, 2.75) is 36.0 Å². The average molecular weight is 429 g/mol. The van der Waals surface area contributed by atoms with Gasteiger partial charge in [0.15, 0.2) is 0 Å². The lowest BCUT2D eigenvalue weighted by molar-refractivity contribution is -0.150. The number of carbonyl (C=O) groups excluding carboxylic acids is 2. The van der Waals surface area contributed by atoms with Crippen molar-refractivity contribution in [3.63, 3.8) is 0 Å². The smallest absolute Gasteiger partial charge is 0.306 e. The Hall–Kier alpha value is -2.87. The van der Waals surface area contributed by atoms with Crippen LogP contribution in [0.2, 0.25) is 0 Å². The molecule has 30 heavy (non-hydrogen) atoms. The lowest BCUT2D eigenvalue weighted by atomic mass is 9.79. The minimum absolute atomic E-state index is 0.0169. The summed E-state index contributed by atoms with van der Waals surface area (Å²) in [5.41, 5.74) is 0.706. The molecule has 2 aliphatic heterocycles. The van der Waals surface area contributed by atoms with Gasteiger partial charge in [0.25, 0.3) is 10.0 Å². The number of hydrogen-bond donors (Lipinski definition) is 0. The summed E-state index contributed by atoms with van der Waals surface area (Å²) in [7, 11) is -3.79. The maximum absolute atomic E-state index is 13.4. The van der Waals surface area contributed by atoms with Gasteiger partial charge in [-0.25, -0.2) is 8.42 Å². The Morgan fingerprint density at radius 1 is 0.867 bits per heavy atom. The zero-order chi connectivity index (χ0) is 21.2. The van der Waals surface area contributed by atoms with Crippen LogP contribution in [-0.2, 0) is 34.5 Å². The molecular weight excluding hydrogens is 406 g/mol. The summed E-state index contributed by atoms with van der Waals surface area (Å²) in [6.45, 7) is 0.436. The van der Waals surface area contributed by atoms with E-state index in [1.54, 1.807) is 42.5 Å². The monoisotopic (exact) mass is 429 g/mol. The van der Waals surface area contributed by atoms with Gasteiger partial charge in [-0.05, 0) is 36.6 Å². The number of anilines is 1. The molecule has 0 aliphatic carbocycles. The average Bonchev–Trinajstić information content (AvgIpc) is 3.08. The van der Waals surface area contributed by atoms with Gasteiger partial charge < -0.3 is 9.47 Å². The van der Waals surface area contributed by atoms with Crippen molar-refractivity contribution in [3.05, 3.63) is 60.2 Å². The first-order chi connectivity index (χ1) is 14.4. The first-order valence-corrected chi connectivity index (χ1v) is 11.3. The summed E-state index contributed by atoms with van der Waals surface area (Å²) >= 11 is 0. The summed E-state index contributed by atoms with van der Waals surface area (Å²) in [5.74, 6) is -0.918. The van der Waals surface area contributed by atoms with Crippen molar-refractivity contribution < 1.29 is 27.5 Å². The molecule has 0 N–H and O–H groups in total. The molecule has 8 heteroatoms. The van der Waals surface area contributed by atoms with Gasteiger partial charge in [-0.1, -0.05) is 36.4 Å². The van der Waals surface area contributed by atoms with E-state index in [1.165, 1.54) is 4.31 Å². The topological polar surface area (TPSA) is 90.0 Å². The number of cyclic esters (lactones) is 2. The number of nitrogens with zero attached hydrogens (tertiary/aromatic N) is 1. The van der Waals surface area contributed by atoms with Gasteiger partial charge in [0, 0.05) is 6.54 Å². The number of ether oxygens (including phenoxy) is 2. The third-order valence-corrected chi connectivity index (χ3v) is 7.40. The molecule has 1 unspecified atom stereocenters. The first kappa shape index (κ1) is 20.4. The van der Waals surface area contributed by atoms with Crippen LogP contribution in [0.1, 0.15) is 31.2 Å². The fourth-order valence-corrected chi connectivity index (χ4v) is 5.68. The molecule has 1 fully saturated rings. The van der Waals surface area contributed by atoms with Gasteiger partial charge in [0.05, 0.1) is 35.4 Å². The molecule has 0 radical (unpaired) electrons. The highest BCUT2D eigenvalue weighted by molar-refractivity contribution is 7.92. The number of hydrogen-bond acceptors (Lipinski definition) is 6. The van der Waals surface area contributed by atoms with Crippen LogP contribution in [0.15, 0.2) is 59.5 Å². The van der Waals surface area contributed by atoms with E-state index in [4.69, 9.17) is 9.47 Å². The highest BCUT2D eigenvalue weighted by atomic mass is 32.2. The van der Waals surface area contributed by atoms with Gasteiger partial charge in [-0.3, -0.25) is 13.9 Å². The predicted molar refractivity (Wildman–Crippen MR) is 109 cm³/mol. The molecule has 7 nitrogen and oxygen atoms in total. The standard InChI is InChI=1S/C22H23NO6S/c24-20-11-12-21(25)29-16-22(13-6-14-28-20)15-23(19-10-5-4-9-18(19)22)30(26,27)17-7-2-1-3-8-17/h1-5,7-10H,6,11-16H2. The quantitative estimate of drug-likeness (QED) is 0.682. The van der Waals surface area contributed by atoms with Crippen LogP contribution in [0, 0.1) is 0 Å². The Balaban J connectivity index is 1.73. The fourth-order valence-electron chi connectivity index (χ4n) is 4.09. The molecule has 0 aromatic heterocycles. The number of carbonyl (C=O) groups is 2. The third kappa shape index (κ3) is 3.79. The van der Waals surface area contributed by atoms with Crippen molar-refractivity contribution in [2.24, 2.45) is 0 Å². The van der Waals surface area contributed by atoms with E-state index < -0.39 is 27.4 Å². The third-order valence-electron chi connectivity index (χ3n) is 5.63. The van der Waals surface area contributed by atoms with E-state index >= 15 is 0 Å². The fraction of sp³-hybridized carbons (Fsp3) is 0.364. The van der Waals surface area contributed by atoms with E-state index in [9.17, 15) is 18.0 Å². The molecular formula is C22H23NO6S. The number of esters is 2. The minimum atomic E-state index is -3.79. The highest BCUT2D eigenvalue weighted by Gasteiger charge is 2.47. The van der Waals surface area contributed by atoms with E-state index in [1.807, 2.05) is 12.1 Å². The van der Waals surface area contributed by atoms with Crippen molar-refractivity contribution in [3.8, 4) is 0 Å². The normalized spacial score (nSPS) is 22.7. The lowest BCUT2D eigenvalue weighted by Gasteiger charge is -2.30. The molecule has 1 spiro atoms. The molecule has 1 saturated heterocycles. The Bertz CT molecular complexity index is 1050. The molecule has 2 aromatic carbocycles. The van der Waals surface area contributed by atoms with Crippen LogP contribution in [-0.4, -0.2) is 40.1 Å². The molecule has 1 atom stereocenters. The zero-order valence-electron chi connectivity index (χ0n) is 16.5. The molecule has 2 heterocycles. The van der Waals surface area contributed by atoms with Crippen molar-refractivity contribution in [2.75, 3.05) is 24.1 Å². The van der Waals surface area contributed by atoms with E-state index in [2.05, 4.69) is 0 Å². The van der Waals surface area contributed by atoms with Crippen LogP contribution >= 0.6 is 0 Å². The minimum Gasteiger partial charge on any atom is -0.466 e. The number of sulfonamides is 1. The van der Waals surface area contributed by atoms with Gasteiger partial charge in [0.1, 0.15) is 6.61 Å². The van der Waals surface area contributed by atoms with E-state index in [0.717, 1.165) is 5.56 Å². The first-order valence-electron chi connectivity index (χ1n) is 9.91. The van der Waals surface area contributed by atoms with Gasteiger partial charge in [0.2, 0.25) is 0 Å². The highest BCUT2D eigenvalue weighted by Crippen LogP contribution is 2.46. The summed E-state index contributed by atoms with van der Waals surface area (Å²) in [6.07, 6.45) is 0.988. The summed E-state index contributed by atoms with van der Waals surface area (Å²) in [6, 6.07) is 15.6. The molecule has 0 bridgehead atoms. The predicted octanol–water partition coefficient (Wildman–Crippen LogP) is 2.79. The summed E-state index contributed by atoms with van der Waals surface area (Å²) < 4.78 is 38.9. The number of para-hydroxylation sites is 1.